The van der Waals surface area contributed by atoms with Crippen molar-refractivity contribution in [1.29, 1.82) is 0 Å². The van der Waals surface area contributed by atoms with E-state index in [0.29, 0.717) is 32.8 Å². The first-order valence-electron chi connectivity index (χ1n) is 9.96. The Bertz CT molecular complexity index is 938. The number of amides is 2. The molecule has 1 aliphatic heterocycles. The average Bonchev–Trinajstić information content (AvgIpc) is 3.31. The van der Waals surface area contributed by atoms with Gasteiger partial charge in [0.2, 0.25) is 0 Å². The van der Waals surface area contributed by atoms with Crippen LogP contribution in [-0.4, -0.2) is 52.1 Å². The van der Waals surface area contributed by atoms with Gasteiger partial charge in [0.15, 0.2) is 0 Å². The SMILES string of the molecule is O=C(NCc1ccc(Cn2cncn2)cc1)NCc1cccnc1N1CCOCC1. The topological polar surface area (TPSA) is 97.2 Å². The number of carbonyl (C=O) groups is 1. The Labute approximate surface area is 175 Å². The minimum atomic E-state index is -0.210. The second kappa shape index (κ2) is 9.84. The van der Waals surface area contributed by atoms with E-state index in [-0.39, 0.29) is 6.03 Å². The summed E-state index contributed by atoms with van der Waals surface area (Å²) in [4.78, 5) is 22.9. The predicted octanol–water partition coefficient (Wildman–Crippen LogP) is 1.56. The van der Waals surface area contributed by atoms with Crippen molar-refractivity contribution in [2.75, 3.05) is 31.2 Å². The zero-order valence-electron chi connectivity index (χ0n) is 16.7. The van der Waals surface area contributed by atoms with Crippen LogP contribution in [0.5, 0.6) is 0 Å². The van der Waals surface area contributed by atoms with Crippen molar-refractivity contribution in [1.82, 2.24) is 30.4 Å². The molecule has 0 atom stereocenters. The molecule has 1 saturated heterocycles. The fourth-order valence-corrected chi connectivity index (χ4v) is 3.31. The van der Waals surface area contributed by atoms with Gasteiger partial charge in [0.1, 0.15) is 18.5 Å². The molecule has 9 nitrogen and oxygen atoms in total. The molecule has 0 radical (unpaired) electrons. The molecule has 1 fully saturated rings. The first-order valence-corrected chi connectivity index (χ1v) is 9.96. The summed E-state index contributed by atoms with van der Waals surface area (Å²) in [6.07, 6.45) is 4.99. The highest BCUT2D eigenvalue weighted by atomic mass is 16.5. The Hall–Kier alpha value is -3.46. The van der Waals surface area contributed by atoms with Gasteiger partial charge >= 0.3 is 6.03 Å². The van der Waals surface area contributed by atoms with Gasteiger partial charge in [-0.1, -0.05) is 30.3 Å². The summed E-state index contributed by atoms with van der Waals surface area (Å²) < 4.78 is 7.18. The molecule has 0 saturated carbocycles. The fraction of sp³-hybridized carbons (Fsp3) is 0.333. The molecule has 0 unspecified atom stereocenters. The standard InChI is InChI=1S/C21H25N7O2/c29-21(24-12-17-3-5-18(6-4-17)14-28-16-22-15-26-28)25-13-19-2-1-7-23-20(19)27-8-10-30-11-9-27/h1-7,15-16H,8-14H2,(H2,24,25,29). The quantitative estimate of drug-likeness (QED) is 0.617. The molecule has 0 aliphatic carbocycles. The van der Waals surface area contributed by atoms with Crippen molar-refractivity contribution in [2.45, 2.75) is 19.6 Å². The molecule has 9 heteroatoms. The number of aromatic nitrogens is 4. The highest BCUT2D eigenvalue weighted by Gasteiger charge is 2.16. The van der Waals surface area contributed by atoms with Crippen LogP contribution in [0.4, 0.5) is 10.6 Å². The molecule has 30 heavy (non-hydrogen) atoms. The van der Waals surface area contributed by atoms with E-state index in [2.05, 4.69) is 30.6 Å². The maximum absolute atomic E-state index is 12.3. The first-order chi connectivity index (χ1) is 14.8. The predicted molar refractivity (Wildman–Crippen MR) is 112 cm³/mol. The smallest absolute Gasteiger partial charge is 0.315 e. The molecule has 1 aliphatic rings. The average molecular weight is 407 g/mol. The molecule has 0 bridgehead atoms. The van der Waals surface area contributed by atoms with Crippen molar-refractivity contribution in [3.05, 3.63) is 71.9 Å². The summed E-state index contributed by atoms with van der Waals surface area (Å²) >= 11 is 0. The number of hydrogen-bond donors (Lipinski definition) is 2. The van der Waals surface area contributed by atoms with Gasteiger partial charge in [0, 0.05) is 37.9 Å². The number of benzene rings is 1. The second-order valence-electron chi connectivity index (χ2n) is 7.03. The molecule has 2 aromatic heterocycles. The Balaban J connectivity index is 1.25. The molecule has 2 amide bonds. The van der Waals surface area contributed by atoms with Crippen molar-refractivity contribution in [3.8, 4) is 0 Å². The fourth-order valence-electron chi connectivity index (χ4n) is 3.31. The largest absolute Gasteiger partial charge is 0.378 e. The Morgan fingerprint density at radius 3 is 2.57 bits per heavy atom. The molecule has 1 aromatic carbocycles. The highest BCUT2D eigenvalue weighted by Crippen LogP contribution is 2.18. The molecule has 2 N–H and O–H groups in total. The lowest BCUT2D eigenvalue weighted by Crippen LogP contribution is -2.38. The first kappa shape index (κ1) is 19.8. The molecular formula is C21H25N7O2. The van der Waals surface area contributed by atoms with Crippen LogP contribution >= 0.6 is 0 Å². The number of ether oxygens (including phenoxy) is 1. The molecule has 0 spiro atoms. The van der Waals surface area contributed by atoms with Crippen LogP contribution in [0, 0.1) is 0 Å². The highest BCUT2D eigenvalue weighted by molar-refractivity contribution is 5.74. The second-order valence-corrected chi connectivity index (χ2v) is 7.03. The Kier molecular flexibility index (Phi) is 6.51. The van der Waals surface area contributed by atoms with E-state index in [0.717, 1.165) is 35.6 Å². The van der Waals surface area contributed by atoms with Crippen LogP contribution < -0.4 is 15.5 Å². The third-order valence-electron chi connectivity index (χ3n) is 4.90. The summed E-state index contributed by atoms with van der Waals surface area (Å²) in [6.45, 7) is 4.56. The zero-order chi connectivity index (χ0) is 20.6. The summed E-state index contributed by atoms with van der Waals surface area (Å²) in [7, 11) is 0. The number of urea groups is 1. The van der Waals surface area contributed by atoms with Gasteiger partial charge < -0.3 is 20.3 Å². The number of morpholine rings is 1. The lowest BCUT2D eigenvalue weighted by Gasteiger charge is -2.29. The van der Waals surface area contributed by atoms with Crippen LogP contribution in [0.3, 0.4) is 0 Å². The molecule has 4 rings (SSSR count). The van der Waals surface area contributed by atoms with Crippen LogP contribution in [0.15, 0.2) is 55.2 Å². The van der Waals surface area contributed by atoms with Crippen molar-refractivity contribution in [2.24, 2.45) is 0 Å². The number of pyridine rings is 1. The maximum Gasteiger partial charge on any atom is 0.315 e. The van der Waals surface area contributed by atoms with Crippen LogP contribution in [-0.2, 0) is 24.4 Å². The third-order valence-corrected chi connectivity index (χ3v) is 4.90. The third kappa shape index (κ3) is 5.32. The van der Waals surface area contributed by atoms with Gasteiger partial charge in [-0.3, -0.25) is 0 Å². The minimum absolute atomic E-state index is 0.210. The molecule has 3 heterocycles. The van der Waals surface area contributed by atoms with Gasteiger partial charge in [0.05, 0.1) is 19.8 Å². The number of hydrogen-bond acceptors (Lipinski definition) is 6. The number of anilines is 1. The van der Waals surface area contributed by atoms with Crippen LogP contribution in [0.1, 0.15) is 16.7 Å². The van der Waals surface area contributed by atoms with Gasteiger partial charge in [-0.15, -0.1) is 0 Å². The van der Waals surface area contributed by atoms with E-state index in [1.54, 1.807) is 17.2 Å². The van der Waals surface area contributed by atoms with Crippen molar-refractivity contribution in [3.63, 3.8) is 0 Å². The van der Waals surface area contributed by atoms with Gasteiger partial charge in [0.25, 0.3) is 0 Å². The maximum atomic E-state index is 12.3. The Morgan fingerprint density at radius 2 is 1.80 bits per heavy atom. The van der Waals surface area contributed by atoms with Crippen molar-refractivity contribution >= 4 is 11.8 Å². The van der Waals surface area contributed by atoms with Gasteiger partial charge in [-0.05, 0) is 17.2 Å². The Morgan fingerprint density at radius 1 is 1.03 bits per heavy atom. The molecular weight excluding hydrogens is 382 g/mol. The summed E-state index contributed by atoms with van der Waals surface area (Å²) in [5.41, 5.74) is 3.15. The number of rotatable bonds is 7. The lowest BCUT2D eigenvalue weighted by atomic mass is 10.1. The van der Waals surface area contributed by atoms with E-state index in [4.69, 9.17) is 4.74 Å². The zero-order valence-corrected chi connectivity index (χ0v) is 16.7. The normalized spacial score (nSPS) is 13.8. The van der Waals surface area contributed by atoms with Crippen LogP contribution in [0.2, 0.25) is 0 Å². The monoisotopic (exact) mass is 407 g/mol. The van der Waals surface area contributed by atoms with E-state index >= 15 is 0 Å². The van der Waals surface area contributed by atoms with E-state index < -0.39 is 0 Å². The van der Waals surface area contributed by atoms with Crippen LogP contribution in [0.25, 0.3) is 0 Å². The minimum Gasteiger partial charge on any atom is -0.378 e. The summed E-state index contributed by atoms with van der Waals surface area (Å²) in [5.74, 6) is 0.907. The molecule has 3 aromatic rings. The molecule has 156 valence electrons. The number of nitrogens with one attached hydrogen (secondary N) is 2. The van der Waals surface area contributed by atoms with Crippen molar-refractivity contribution < 1.29 is 9.53 Å². The lowest BCUT2D eigenvalue weighted by molar-refractivity contribution is 0.122. The van der Waals surface area contributed by atoms with E-state index in [1.165, 1.54) is 6.33 Å². The van der Waals surface area contributed by atoms with E-state index in [9.17, 15) is 4.79 Å². The summed E-state index contributed by atoms with van der Waals surface area (Å²) in [5, 5.41) is 9.93. The van der Waals surface area contributed by atoms with Gasteiger partial charge in [-0.2, -0.15) is 5.10 Å². The summed E-state index contributed by atoms with van der Waals surface area (Å²) in [6, 6.07) is 11.7. The van der Waals surface area contributed by atoms with E-state index in [1.807, 2.05) is 36.4 Å². The number of nitrogens with zero attached hydrogens (tertiary/aromatic N) is 5. The van der Waals surface area contributed by atoms with Gasteiger partial charge in [-0.25, -0.2) is 19.4 Å². The number of carbonyl (C=O) groups excluding carboxylic acids is 1.